The summed E-state index contributed by atoms with van der Waals surface area (Å²) in [6.45, 7) is 3.71. The van der Waals surface area contributed by atoms with Crippen molar-refractivity contribution in [3.63, 3.8) is 0 Å². The van der Waals surface area contributed by atoms with Crippen LogP contribution in [0.5, 0.6) is 0 Å². The van der Waals surface area contributed by atoms with Gasteiger partial charge < -0.3 is 45.7 Å². The standard InChI is InChI=1S/3C5H9NO3S.Au/c3*1-3(7)6-4(2-10)5(8)9;/h3*4,10H,2H2,1H3,(H,6,7)(H,8,9);/q;;;+3/p-3/t3*4-;/m000./s1. The van der Waals surface area contributed by atoms with Crippen LogP contribution in [0.3, 0.4) is 0 Å². The minimum absolute atomic E-state index is 0. The van der Waals surface area contributed by atoms with E-state index in [4.69, 9.17) is 0 Å². The van der Waals surface area contributed by atoms with Crippen molar-refractivity contribution in [3.8, 4) is 0 Å². The van der Waals surface area contributed by atoms with Crippen LogP contribution < -0.4 is 31.3 Å². The molecule has 0 aliphatic rings. The number of carboxylic acid groups (broad SMARTS) is 3. The molecular formula is C15H24AuN3O9S3. The number of thiol groups is 3. The number of rotatable bonds is 9. The summed E-state index contributed by atoms with van der Waals surface area (Å²) < 4.78 is 0. The monoisotopic (exact) mass is 683 g/mol. The van der Waals surface area contributed by atoms with Crippen molar-refractivity contribution in [3.05, 3.63) is 0 Å². The fourth-order valence-electron chi connectivity index (χ4n) is 1.27. The maximum Gasteiger partial charge on any atom is 3.00 e. The maximum absolute atomic E-state index is 10.3. The van der Waals surface area contributed by atoms with Gasteiger partial charge in [-0.15, -0.1) is 0 Å². The first-order valence-electron chi connectivity index (χ1n) is 7.99. The topological polar surface area (TPSA) is 208 Å². The van der Waals surface area contributed by atoms with Crippen LogP contribution >= 0.6 is 37.9 Å². The molecular weight excluding hydrogens is 659 g/mol. The summed E-state index contributed by atoms with van der Waals surface area (Å²) in [5.74, 6) is -5.01. The Bertz CT molecular complexity index is 531. The molecule has 0 saturated carbocycles. The first-order chi connectivity index (χ1) is 13.7. The van der Waals surface area contributed by atoms with Crippen molar-refractivity contribution in [2.45, 2.75) is 38.9 Å². The number of hydrogen-bond acceptors (Lipinski definition) is 12. The van der Waals surface area contributed by atoms with Gasteiger partial charge in [-0.25, -0.2) is 0 Å². The van der Waals surface area contributed by atoms with Crippen LogP contribution in [0.1, 0.15) is 20.8 Å². The molecule has 16 heteroatoms. The van der Waals surface area contributed by atoms with Crippen LogP contribution in [0, 0.1) is 0 Å². The van der Waals surface area contributed by atoms with Gasteiger partial charge >= 0.3 is 22.4 Å². The summed E-state index contributed by atoms with van der Waals surface area (Å²) in [4.78, 5) is 61.1. The van der Waals surface area contributed by atoms with E-state index in [9.17, 15) is 44.1 Å². The van der Waals surface area contributed by atoms with Gasteiger partial charge in [-0.05, 0) is 0 Å². The van der Waals surface area contributed by atoms with E-state index in [0.717, 1.165) is 0 Å². The third kappa shape index (κ3) is 24.8. The molecule has 3 N–H and O–H groups in total. The molecule has 0 saturated heterocycles. The van der Waals surface area contributed by atoms with Crippen molar-refractivity contribution >= 4 is 73.5 Å². The molecule has 0 spiro atoms. The predicted molar refractivity (Wildman–Crippen MR) is 109 cm³/mol. The summed E-state index contributed by atoms with van der Waals surface area (Å²) in [5.41, 5.74) is 0. The molecule has 0 rings (SSSR count). The molecule has 0 bridgehead atoms. The summed E-state index contributed by atoms with van der Waals surface area (Å²) >= 11 is 11.1. The maximum atomic E-state index is 10.3. The Hall–Kier alpha value is -1.39. The van der Waals surface area contributed by atoms with E-state index in [1.807, 2.05) is 0 Å². The zero-order chi connectivity index (χ0) is 24.4. The number of aliphatic carboxylic acids is 3. The third-order valence-electron chi connectivity index (χ3n) is 2.53. The Morgan fingerprint density at radius 3 is 0.774 bits per heavy atom. The Balaban J connectivity index is -0.000000174. The summed E-state index contributed by atoms with van der Waals surface area (Å²) in [6.07, 6.45) is 0. The Labute approximate surface area is 211 Å². The smallest absolute Gasteiger partial charge is 0.548 e. The Morgan fingerprint density at radius 1 is 0.581 bits per heavy atom. The minimum atomic E-state index is -1.31. The zero-order valence-corrected chi connectivity index (χ0v) is 21.5. The second-order valence-electron chi connectivity index (χ2n) is 5.26. The van der Waals surface area contributed by atoms with Crippen LogP contribution in [-0.4, -0.2) is 71.0 Å². The van der Waals surface area contributed by atoms with Crippen molar-refractivity contribution in [1.82, 2.24) is 16.0 Å². The molecule has 12 nitrogen and oxygen atoms in total. The SMILES string of the molecule is CC(=O)N[C@@H](CS)C(=O)[O-].CC(=O)N[C@@H](CS)C(=O)[O-].CC(=O)N[C@@H](CS)C(=O)[O-].[Au+3]. The fraction of sp³-hybridized carbons (Fsp3) is 0.600. The number of carbonyl (C=O) groups is 6. The van der Waals surface area contributed by atoms with Crippen LogP contribution in [0.15, 0.2) is 0 Å². The van der Waals surface area contributed by atoms with Crippen molar-refractivity contribution < 1.29 is 66.5 Å². The van der Waals surface area contributed by atoms with Gasteiger partial charge in [-0.2, -0.15) is 37.9 Å². The molecule has 0 unspecified atom stereocenters. The normalized spacial score (nSPS) is 11.8. The molecule has 31 heavy (non-hydrogen) atoms. The second kappa shape index (κ2) is 21.8. The quantitative estimate of drug-likeness (QED) is 0.101. The average molecular weight is 684 g/mol. The molecule has 0 aromatic heterocycles. The van der Waals surface area contributed by atoms with Gasteiger partial charge in [-0.3, -0.25) is 14.4 Å². The van der Waals surface area contributed by atoms with Crippen molar-refractivity contribution in [2.24, 2.45) is 0 Å². The van der Waals surface area contributed by atoms with Crippen LogP contribution in [0.4, 0.5) is 0 Å². The van der Waals surface area contributed by atoms with E-state index in [0.29, 0.717) is 0 Å². The molecule has 0 heterocycles. The largest absolute Gasteiger partial charge is 3.00 e. The first-order valence-corrected chi connectivity index (χ1v) is 9.89. The van der Waals surface area contributed by atoms with Gasteiger partial charge in [-0.1, -0.05) is 0 Å². The van der Waals surface area contributed by atoms with Gasteiger partial charge in [0.2, 0.25) is 17.7 Å². The van der Waals surface area contributed by atoms with E-state index in [-0.39, 0.29) is 39.6 Å². The number of carboxylic acids is 3. The van der Waals surface area contributed by atoms with Gasteiger partial charge in [0.05, 0.1) is 36.0 Å². The van der Waals surface area contributed by atoms with E-state index < -0.39 is 53.8 Å². The van der Waals surface area contributed by atoms with Crippen molar-refractivity contribution in [1.29, 1.82) is 0 Å². The van der Waals surface area contributed by atoms with Gasteiger partial charge in [0.1, 0.15) is 0 Å². The predicted octanol–water partition coefficient (Wildman–Crippen LogP) is -5.49. The summed E-state index contributed by atoms with van der Waals surface area (Å²) in [5, 5.41) is 36.7. The number of amides is 3. The zero-order valence-electron chi connectivity index (χ0n) is 16.7. The summed E-state index contributed by atoms with van der Waals surface area (Å²) in [6, 6.07) is -2.96. The summed E-state index contributed by atoms with van der Waals surface area (Å²) in [7, 11) is 0. The molecule has 182 valence electrons. The molecule has 0 aromatic rings. The minimum Gasteiger partial charge on any atom is -0.548 e. The average Bonchev–Trinajstić information content (AvgIpc) is 2.61. The van der Waals surface area contributed by atoms with Gasteiger partial charge in [0.15, 0.2) is 0 Å². The molecule has 0 aromatic carbocycles. The van der Waals surface area contributed by atoms with Crippen LogP contribution in [0.2, 0.25) is 0 Å². The molecule has 3 atom stereocenters. The van der Waals surface area contributed by atoms with Crippen molar-refractivity contribution in [2.75, 3.05) is 17.3 Å². The first kappa shape index (κ1) is 37.0. The van der Waals surface area contributed by atoms with Crippen LogP contribution in [-0.2, 0) is 51.1 Å². The molecule has 0 fully saturated rings. The van der Waals surface area contributed by atoms with Crippen LogP contribution in [0.25, 0.3) is 0 Å². The molecule has 0 radical (unpaired) electrons. The van der Waals surface area contributed by atoms with Gasteiger partial charge in [0.25, 0.3) is 0 Å². The number of carbonyl (C=O) groups excluding carboxylic acids is 6. The Kier molecular flexibility index (Phi) is 26.0. The fourth-order valence-corrected chi connectivity index (χ4v) is 1.99. The van der Waals surface area contributed by atoms with Gasteiger partial charge in [0, 0.05) is 38.0 Å². The number of hydrogen-bond donors (Lipinski definition) is 6. The van der Waals surface area contributed by atoms with E-state index >= 15 is 0 Å². The molecule has 3 amide bonds. The molecule has 0 aliphatic heterocycles. The Morgan fingerprint density at radius 2 is 0.742 bits per heavy atom. The van der Waals surface area contributed by atoms with E-state index in [1.54, 1.807) is 0 Å². The third-order valence-corrected chi connectivity index (χ3v) is 3.63. The van der Waals surface area contributed by atoms with E-state index in [2.05, 4.69) is 53.8 Å². The van der Waals surface area contributed by atoms with E-state index in [1.165, 1.54) is 20.8 Å². The second-order valence-corrected chi connectivity index (χ2v) is 6.36. The number of nitrogens with one attached hydrogen (secondary N) is 3. The molecule has 0 aliphatic carbocycles.